The maximum Gasteiger partial charge on any atom is 0.106 e. The second-order valence-electron chi connectivity index (χ2n) is 4.39. The number of aromatic nitrogens is 1. The summed E-state index contributed by atoms with van der Waals surface area (Å²) >= 11 is 3.32. The van der Waals surface area contributed by atoms with Crippen LogP contribution in [0.15, 0.2) is 22.9 Å². The molecule has 1 aromatic heterocycles. The third-order valence-electron chi connectivity index (χ3n) is 3.01. The molecular weight excluding hydrogens is 240 g/mol. The lowest BCUT2D eigenvalue weighted by Gasteiger charge is -2.38. The van der Waals surface area contributed by atoms with Gasteiger partial charge in [-0.3, -0.25) is 0 Å². The summed E-state index contributed by atoms with van der Waals surface area (Å²) in [5.41, 5.74) is 1.63. The minimum Gasteiger partial charge on any atom is -0.383 e. The molecule has 1 saturated carbocycles. The summed E-state index contributed by atoms with van der Waals surface area (Å²) in [4.78, 5) is 4.18. The molecule has 0 spiro atoms. The van der Waals surface area contributed by atoms with Gasteiger partial charge in [0.15, 0.2) is 0 Å². The number of halogens is 1. The number of hydrogen-bond donors (Lipinski definition) is 1. The van der Waals surface area contributed by atoms with Crippen molar-refractivity contribution in [2.45, 2.75) is 26.2 Å². The second kappa shape index (κ2) is 3.89. The molecule has 1 fully saturated rings. The first-order chi connectivity index (χ1) is 6.68. The van der Waals surface area contributed by atoms with Crippen LogP contribution in [-0.4, -0.2) is 11.5 Å². The Balaban J connectivity index is 1.88. The van der Waals surface area contributed by atoms with Crippen LogP contribution < -0.4 is 5.32 Å². The highest BCUT2D eigenvalue weighted by molar-refractivity contribution is 9.10. The van der Waals surface area contributed by atoms with E-state index >= 15 is 0 Å². The van der Waals surface area contributed by atoms with E-state index in [1.54, 1.807) is 0 Å². The van der Waals surface area contributed by atoms with Crippen LogP contribution in [0.1, 0.15) is 26.2 Å². The van der Waals surface area contributed by atoms with Gasteiger partial charge in [-0.25, -0.2) is 4.98 Å². The molecule has 0 unspecified atom stereocenters. The average molecular weight is 255 g/mol. The highest BCUT2D eigenvalue weighted by Crippen LogP contribution is 2.40. The fraction of sp³-hybridized carbons (Fsp3) is 0.545. The van der Waals surface area contributed by atoms with Crippen molar-refractivity contribution in [1.29, 1.82) is 0 Å². The molecule has 0 saturated heterocycles. The van der Waals surface area contributed by atoms with Crippen LogP contribution in [0.4, 0.5) is 5.69 Å². The third kappa shape index (κ3) is 2.27. The molecule has 0 radical (unpaired) electrons. The molecule has 1 aliphatic carbocycles. The summed E-state index contributed by atoms with van der Waals surface area (Å²) in [7, 11) is 0. The number of nitrogens with one attached hydrogen (secondary N) is 1. The van der Waals surface area contributed by atoms with E-state index in [0.29, 0.717) is 5.41 Å². The highest BCUT2D eigenvalue weighted by atomic mass is 79.9. The summed E-state index contributed by atoms with van der Waals surface area (Å²) in [6, 6.07) is 4.02. The van der Waals surface area contributed by atoms with Crippen LogP contribution in [0.5, 0.6) is 0 Å². The Labute approximate surface area is 93.3 Å². The normalized spacial score (nSPS) is 18.7. The van der Waals surface area contributed by atoms with Gasteiger partial charge in [0.25, 0.3) is 0 Å². The maximum absolute atomic E-state index is 4.18. The van der Waals surface area contributed by atoms with Gasteiger partial charge in [0.1, 0.15) is 4.60 Å². The van der Waals surface area contributed by atoms with Crippen LogP contribution in [0.3, 0.4) is 0 Å². The smallest absolute Gasteiger partial charge is 0.106 e. The van der Waals surface area contributed by atoms with Gasteiger partial charge in [-0.2, -0.15) is 0 Å². The zero-order valence-corrected chi connectivity index (χ0v) is 9.97. The van der Waals surface area contributed by atoms with E-state index in [2.05, 4.69) is 39.2 Å². The fourth-order valence-corrected chi connectivity index (χ4v) is 1.99. The van der Waals surface area contributed by atoms with E-state index in [9.17, 15) is 0 Å². The molecule has 0 atom stereocenters. The van der Waals surface area contributed by atoms with E-state index in [1.807, 2.05) is 12.3 Å². The van der Waals surface area contributed by atoms with E-state index in [0.717, 1.165) is 16.8 Å². The summed E-state index contributed by atoms with van der Waals surface area (Å²) in [5.74, 6) is 0. The lowest BCUT2D eigenvalue weighted by Crippen LogP contribution is -2.33. The Bertz CT molecular complexity index is 304. The molecule has 1 N–H and O–H groups in total. The van der Waals surface area contributed by atoms with Crippen LogP contribution in [-0.2, 0) is 0 Å². The Morgan fingerprint density at radius 3 is 2.79 bits per heavy atom. The summed E-state index contributed by atoms with van der Waals surface area (Å²) < 4.78 is 0.887. The second-order valence-corrected chi connectivity index (χ2v) is 5.20. The minimum absolute atomic E-state index is 0.521. The zero-order valence-electron chi connectivity index (χ0n) is 8.39. The Morgan fingerprint density at radius 2 is 2.29 bits per heavy atom. The molecule has 0 aliphatic heterocycles. The van der Waals surface area contributed by atoms with E-state index in [4.69, 9.17) is 0 Å². The first kappa shape index (κ1) is 9.97. The first-order valence-electron chi connectivity index (χ1n) is 5.03. The van der Waals surface area contributed by atoms with Crippen molar-refractivity contribution in [3.8, 4) is 0 Å². The molecule has 2 rings (SSSR count). The largest absolute Gasteiger partial charge is 0.383 e. The van der Waals surface area contributed by atoms with E-state index < -0.39 is 0 Å². The van der Waals surface area contributed by atoms with Crippen molar-refractivity contribution in [2.24, 2.45) is 5.41 Å². The van der Waals surface area contributed by atoms with Gasteiger partial charge in [0.05, 0.1) is 11.9 Å². The molecule has 2 nitrogen and oxygen atoms in total. The predicted molar refractivity (Wildman–Crippen MR) is 62.4 cm³/mol. The SMILES string of the molecule is CC1(CNc2ccc(Br)nc2)CCC1. The molecule has 0 aromatic carbocycles. The molecule has 1 aliphatic rings. The van der Waals surface area contributed by atoms with Crippen molar-refractivity contribution in [3.05, 3.63) is 22.9 Å². The van der Waals surface area contributed by atoms with Crippen molar-refractivity contribution in [1.82, 2.24) is 4.98 Å². The first-order valence-corrected chi connectivity index (χ1v) is 5.83. The zero-order chi connectivity index (χ0) is 10.0. The molecule has 0 amide bonds. The van der Waals surface area contributed by atoms with Crippen molar-refractivity contribution in [3.63, 3.8) is 0 Å². The topological polar surface area (TPSA) is 24.9 Å². The average Bonchev–Trinajstić information content (AvgIpc) is 2.14. The third-order valence-corrected chi connectivity index (χ3v) is 3.48. The van der Waals surface area contributed by atoms with Crippen LogP contribution in [0.2, 0.25) is 0 Å². The van der Waals surface area contributed by atoms with Gasteiger partial charge in [0.2, 0.25) is 0 Å². The summed E-state index contributed by atoms with van der Waals surface area (Å²) in [6.45, 7) is 3.41. The van der Waals surface area contributed by atoms with Gasteiger partial charge >= 0.3 is 0 Å². The van der Waals surface area contributed by atoms with E-state index in [-0.39, 0.29) is 0 Å². The number of pyridine rings is 1. The lowest BCUT2D eigenvalue weighted by molar-refractivity contribution is 0.180. The predicted octanol–water partition coefficient (Wildman–Crippen LogP) is 3.45. The Kier molecular flexibility index (Phi) is 2.77. The van der Waals surface area contributed by atoms with Gasteiger partial charge in [0, 0.05) is 6.54 Å². The number of hydrogen-bond acceptors (Lipinski definition) is 2. The minimum atomic E-state index is 0.521. The lowest BCUT2D eigenvalue weighted by atomic mass is 9.70. The molecule has 1 heterocycles. The standard InChI is InChI=1S/C11H15BrN2/c1-11(5-2-6-11)8-14-9-3-4-10(12)13-7-9/h3-4,7,14H,2,5-6,8H2,1H3. The van der Waals surface area contributed by atoms with Crippen molar-refractivity contribution >= 4 is 21.6 Å². The molecule has 76 valence electrons. The fourth-order valence-electron chi connectivity index (χ4n) is 1.75. The highest BCUT2D eigenvalue weighted by Gasteiger charge is 2.31. The van der Waals surface area contributed by atoms with Crippen LogP contribution in [0, 0.1) is 5.41 Å². The van der Waals surface area contributed by atoms with Gasteiger partial charge < -0.3 is 5.32 Å². The van der Waals surface area contributed by atoms with Gasteiger partial charge in [-0.05, 0) is 46.3 Å². The van der Waals surface area contributed by atoms with Crippen molar-refractivity contribution in [2.75, 3.05) is 11.9 Å². The van der Waals surface area contributed by atoms with E-state index in [1.165, 1.54) is 19.3 Å². The quantitative estimate of drug-likeness (QED) is 0.837. The van der Waals surface area contributed by atoms with Crippen LogP contribution in [0.25, 0.3) is 0 Å². The summed E-state index contributed by atoms with van der Waals surface area (Å²) in [5, 5.41) is 3.43. The van der Waals surface area contributed by atoms with Crippen molar-refractivity contribution < 1.29 is 0 Å². The molecule has 14 heavy (non-hydrogen) atoms. The number of rotatable bonds is 3. The molecule has 0 bridgehead atoms. The molecule has 1 aromatic rings. The Morgan fingerprint density at radius 1 is 1.50 bits per heavy atom. The van der Waals surface area contributed by atoms with Crippen LogP contribution >= 0.6 is 15.9 Å². The number of nitrogens with zero attached hydrogens (tertiary/aromatic N) is 1. The molecular formula is C11H15BrN2. The van der Waals surface area contributed by atoms with Gasteiger partial charge in [-0.1, -0.05) is 13.3 Å². The Hall–Kier alpha value is -0.570. The summed E-state index contributed by atoms with van der Waals surface area (Å²) in [6.07, 6.45) is 5.96. The maximum atomic E-state index is 4.18. The van der Waals surface area contributed by atoms with Gasteiger partial charge in [-0.15, -0.1) is 0 Å². The molecule has 3 heteroatoms. The monoisotopic (exact) mass is 254 g/mol. The number of anilines is 1.